The van der Waals surface area contributed by atoms with Gasteiger partial charge in [0.15, 0.2) is 5.82 Å². The van der Waals surface area contributed by atoms with Gasteiger partial charge in [-0.3, -0.25) is 9.89 Å². The van der Waals surface area contributed by atoms with Gasteiger partial charge < -0.3 is 16.8 Å². The number of aromatic nitrogens is 2. The maximum Gasteiger partial charge on any atom is 0.256 e. The smallest absolute Gasteiger partial charge is 0.256 e. The summed E-state index contributed by atoms with van der Waals surface area (Å²) in [5.41, 5.74) is 10.8. The van der Waals surface area contributed by atoms with Gasteiger partial charge in [-0.2, -0.15) is 5.10 Å². The fraction of sp³-hybridized carbons (Fsp3) is 0. The number of nitrogens with two attached hydrogens (primary N) is 2. The zero-order valence-electron chi connectivity index (χ0n) is 9.90. The van der Waals surface area contributed by atoms with Crippen LogP contribution in [0.3, 0.4) is 0 Å². The second-order valence-corrected chi connectivity index (χ2v) is 5.68. The summed E-state index contributed by atoms with van der Waals surface area (Å²) in [4.78, 5) is 11.4. The van der Waals surface area contributed by atoms with Crippen molar-refractivity contribution in [3.05, 3.63) is 30.7 Å². The third-order valence-corrected chi connectivity index (χ3v) is 4.77. The number of anilines is 3. The van der Waals surface area contributed by atoms with E-state index in [9.17, 15) is 4.79 Å². The van der Waals surface area contributed by atoms with Gasteiger partial charge in [0.1, 0.15) is 11.4 Å². The van der Waals surface area contributed by atoms with Crippen molar-refractivity contribution in [2.24, 2.45) is 5.73 Å². The first kappa shape index (κ1) is 16.3. The number of benzene rings is 1. The lowest BCUT2D eigenvalue weighted by atomic mass is 10.2. The molecule has 1 aromatic carbocycles. The Morgan fingerprint density at radius 3 is 1.95 bits per heavy atom. The number of primary amides is 1. The van der Waals surface area contributed by atoms with Crippen LogP contribution in [-0.4, -0.2) is 16.1 Å². The van der Waals surface area contributed by atoms with Crippen molar-refractivity contribution >= 4 is 81.2 Å². The quantitative estimate of drug-likeness (QED) is 0.468. The molecule has 2 aromatic rings. The van der Waals surface area contributed by atoms with Crippen LogP contribution in [0.4, 0.5) is 17.3 Å². The predicted molar refractivity (Wildman–Crippen MR) is 86.3 cm³/mol. The summed E-state index contributed by atoms with van der Waals surface area (Å²) in [5, 5.41) is 8.93. The van der Waals surface area contributed by atoms with Crippen molar-refractivity contribution < 1.29 is 4.79 Å². The highest BCUT2D eigenvalue weighted by atomic mass is 35.5. The molecule has 0 aliphatic rings. The van der Waals surface area contributed by atoms with E-state index < -0.39 is 5.91 Å². The predicted octanol–water partition coefficient (Wildman–Crippen LogP) is 4.10. The molecule has 0 aliphatic heterocycles. The third kappa shape index (κ3) is 2.82. The van der Waals surface area contributed by atoms with Gasteiger partial charge in [0, 0.05) is 0 Å². The maximum atomic E-state index is 11.4. The first-order chi connectivity index (χ1) is 9.75. The Kier molecular flexibility index (Phi) is 4.65. The molecule has 0 saturated carbocycles. The van der Waals surface area contributed by atoms with Crippen molar-refractivity contribution in [2.75, 3.05) is 11.1 Å². The average Bonchev–Trinajstić information content (AvgIpc) is 2.80. The van der Waals surface area contributed by atoms with E-state index in [4.69, 9.17) is 69.5 Å². The number of aromatic amines is 1. The van der Waals surface area contributed by atoms with Crippen LogP contribution >= 0.6 is 58.0 Å². The average molecular weight is 389 g/mol. The van der Waals surface area contributed by atoms with Gasteiger partial charge in [-0.1, -0.05) is 58.0 Å². The minimum atomic E-state index is -0.790. The summed E-state index contributed by atoms with van der Waals surface area (Å²) < 4.78 is 0. The number of carbonyl (C=O) groups excluding carboxylic acids is 1. The van der Waals surface area contributed by atoms with E-state index in [0.29, 0.717) is 0 Å². The van der Waals surface area contributed by atoms with Crippen molar-refractivity contribution in [3.63, 3.8) is 0 Å². The second kappa shape index (κ2) is 5.98. The highest BCUT2D eigenvalue weighted by Crippen LogP contribution is 2.47. The van der Waals surface area contributed by atoms with E-state index in [1.165, 1.54) is 0 Å². The summed E-state index contributed by atoms with van der Waals surface area (Å²) in [7, 11) is 0. The van der Waals surface area contributed by atoms with Crippen LogP contribution in [0.1, 0.15) is 10.4 Å². The molecule has 0 fully saturated rings. The summed E-state index contributed by atoms with van der Waals surface area (Å²) in [6.45, 7) is 0. The molecule has 0 radical (unpaired) electrons. The zero-order valence-corrected chi connectivity index (χ0v) is 13.7. The first-order valence-electron chi connectivity index (χ1n) is 5.17. The fourth-order valence-corrected chi connectivity index (χ4v) is 2.76. The van der Waals surface area contributed by atoms with E-state index >= 15 is 0 Å². The van der Waals surface area contributed by atoms with Crippen LogP contribution in [0.5, 0.6) is 0 Å². The van der Waals surface area contributed by atoms with Crippen LogP contribution in [0.2, 0.25) is 25.1 Å². The molecule has 1 heterocycles. The molecular formula is C10H6Cl5N5O. The fourth-order valence-electron chi connectivity index (χ4n) is 1.53. The number of amides is 1. The number of hydrogen-bond acceptors (Lipinski definition) is 4. The number of hydrogen-bond donors (Lipinski definition) is 4. The highest BCUT2D eigenvalue weighted by Gasteiger charge is 2.23. The number of H-pyrrole nitrogens is 1. The Labute approximate surface area is 143 Å². The number of nitrogens with zero attached hydrogens (tertiary/aromatic N) is 1. The third-order valence-electron chi connectivity index (χ3n) is 2.49. The van der Waals surface area contributed by atoms with Gasteiger partial charge in [-0.25, -0.2) is 0 Å². The minimum Gasteiger partial charge on any atom is -0.383 e. The topological polar surface area (TPSA) is 110 Å². The van der Waals surface area contributed by atoms with Crippen LogP contribution in [0.15, 0.2) is 0 Å². The van der Waals surface area contributed by atoms with Gasteiger partial charge in [0.25, 0.3) is 5.91 Å². The van der Waals surface area contributed by atoms with Crippen molar-refractivity contribution in [1.82, 2.24) is 10.2 Å². The maximum absolute atomic E-state index is 11.4. The molecule has 11 heteroatoms. The van der Waals surface area contributed by atoms with E-state index in [1.807, 2.05) is 0 Å². The van der Waals surface area contributed by atoms with Crippen molar-refractivity contribution in [2.45, 2.75) is 0 Å². The monoisotopic (exact) mass is 387 g/mol. The van der Waals surface area contributed by atoms with Gasteiger partial charge >= 0.3 is 0 Å². The summed E-state index contributed by atoms with van der Waals surface area (Å²) >= 11 is 29.9. The lowest BCUT2D eigenvalue weighted by Gasteiger charge is -2.13. The van der Waals surface area contributed by atoms with Gasteiger partial charge in [0.2, 0.25) is 0 Å². The molecule has 1 aromatic heterocycles. The molecule has 6 N–H and O–H groups in total. The zero-order chi connectivity index (χ0) is 15.9. The summed E-state index contributed by atoms with van der Waals surface area (Å²) in [6, 6.07) is 0. The molecule has 112 valence electrons. The van der Waals surface area contributed by atoms with Crippen LogP contribution in [0.25, 0.3) is 0 Å². The first-order valence-corrected chi connectivity index (χ1v) is 7.06. The van der Waals surface area contributed by atoms with Crippen LogP contribution in [0, 0.1) is 0 Å². The molecule has 0 spiro atoms. The Morgan fingerprint density at radius 2 is 1.48 bits per heavy atom. The number of rotatable bonds is 3. The lowest BCUT2D eigenvalue weighted by molar-refractivity contribution is 0.100. The van der Waals surface area contributed by atoms with E-state index in [-0.39, 0.29) is 48.0 Å². The Balaban J connectivity index is 2.58. The summed E-state index contributed by atoms with van der Waals surface area (Å²) in [6.07, 6.45) is 0. The number of nitrogens with one attached hydrogen (secondary N) is 2. The van der Waals surface area contributed by atoms with Gasteiger partial charge in [0.05, 0.1) is 30.8 Å². The Bertz CT molecular complexity index is 715. The highest BCUT2D eigenvalue weighted by molar-refractivity contribution is 6.56. The second-order valence-electron chi connectivity index (χ2n) is 3.80. The van der Waals surface area contributed by atoms with Crippen molar-refractivity contribution in [3.8, 4) is 0 Å². The minimum absolute atomic E-state index is 0.000587. The molecule has 0 saturated heterocycles. The van der Waals surface area contributed by atoms with E-state index in [1.54, 1.807) is 0 Å². The molecule has 1 amide bonds. The molecule has 2 rings (SSSR count). The lowest BCUT2D eigenvalue weighted by Crippen LogP contribution is -2.14. The normalized spacial score (nSPS) is 10.7. The van der Waals surface area contributed by atoms with Gasteiger partial charge in [-0.05, 0) is 0 Å². The van der Waals surface area contributed by atoms with Crippen molar-refractivity contribution in [1.29, 1.82) is 0 Å². The standard InChI is InChI=1S/C10H6Cl5N5O/c11-2-3(12)5(14)7(6(15)4(2)13)18-10-1(9(17)21)8(16)19-20-10/h(H2,17,21)(H4,16,18,19,20). The van der Waals surface area contributed by atoms with E-state index in [2.05, 4.69) is 15.5 Å². The SMILES string of the molecule is NC(=O)c1c(Nc2c(Cl)c(Cl)c(Cl)c(Cl)c2Cl)n[nH]c1N. The summed E-state index contributed by atoms with van der Waals surface area (Å²) in [5.74, 6) is -0.774. The molecular weight excluding hydrogens is 383 g/mol. The van der Waals surface area contributed by atoms with Crippen LogP contribution in [-0.2, 0) is 0 Å². The molecule has 21 heavy (non-hydrogen) atoms. The molecule has 0 unspecified atom stereocenters. The molecule has 0 atom stereocenters. The number of nitrogen functional groups attached to an aromatic ring is 1. The number of halogens is 5. The Morgan fingerprint density at radius 1 is 1.00 bits per heavy atom. The van der Waals surface area contributed by atoms with Crippen LogP contribution < -0.4 is 16.8 Å². The molecule has 0 bridgehead atoms. The van der Waals surface area contributed by atoms with Gasteiger partial charge in [-0.15, -0.1) is 0 Å². The van der Waals surface area contributed by atoms with E-state index in [0.717, 1.165) is 0 Å². The molecule has 0 aliphatic carbocycles. The Hall–Kier alpha value is -1.05. The molecule has 6 nitrogen and oxygen atoms in total. The largest absolute Gasteiger partial charge is 0.383 e. The number of carbonyl (C=O) groups is 1.